The number of rotatable bonds is 4. The Morgan fingerprint density at radius 3 is 2.88 bits per heavy atom. The SMILES string of the molecule is CCN(CC(C)C#N)c1ncnc(N)c1Br. The van der Waals surface area contributed by atoms with Gasteiger partial charge in [0.1, 0.15) is 22.4 Å². The van der Waals surface area contributed by atoms with Gasteiger partial charge in [0, 0.05) is 13.1 Å². The first-order valence-electron chi connectivity index (χ1n) is 5.00. The molecule has 2 N–H and O–H groups in total. The third-order valence-corrected chi connectivity index (χ3v) is 2.95. The van der Waals surface area contributed by atoms with Crippen LogP contribution in [0.3, 0.4) is 0 Å². The van der Waals surface area contributed by atoms with Gasteiger partial charge in [0.15, 0.2) is 0 Å². The van der Waals surface area contributed by atoms with E-state index in [1.807, 2.05) is 18.7 Å². The minimum atomic E-state index is -0.0527. The second kappa shape index (κ2) is 5.66. The van der Waals surface area contributed by atoms with E-state index in [2.05, 4.69) is 32.0 Å². The van der Waals surface area contributed by atoms with Gasteiger partial charge in [0.25, 0.3) is 0 Å². The Morgan fingerprint density at radius 2 is 2.31 bits per heavy atom. The maximum absolute atomic E-state index is 8.80. The molecule has 1 atom stereocenters. The summed E-state index contributed by atoms with van der Waals surface area (Å²) in [6.45, 7) is 5.28. The number of nitriles is 1. The quantitative estimate of drug-likeness (QED) is 0.912. The lowest BCUT2D eigenvalue weighted by Gasteiger charge is -2.24. The number of nitrogens with two attached hydrogens (primary N) is 1. The van der Waals surface area contributed by atoms with Gasteiger partial charge in [0.05, 0.1) is 12.0 Å². The number of hydrogen-bond donors (Lipinski definition) is 1. The second-order valence-corrected chi connectivity index (χ2v) is 4.26. The zero-order valence-corrected chi connectivity index (χ0v) is 10.9. The monoisotopic (exact) mass is 283 g/mol. The number of aromatic nitrogens is 2. The fraction of sp³-hybridized carbons (Fsp3) is 0.500. The van der Waals surface area contributed by atoms with Crippen LogP contribution in [0, 0.1) is 17.2 Å². The molecular weight excluding hydrogens is 270 g/mol. The third-order valence-electron chi connectivity index (χ3n) is 2.19. The summed E-state index contributed by atoms with van der Waals surface area (Å²) in [7, 11) is 0. The largest absolute Gasteiger partial charge is 0.383 e. The zero-order chi connectivity index (χ0) is 12.1. The van der Waals surface area contributed by atoms with Crippen LogP contribution < -0.4 is 10.6 Å². The highest BCUT2D eigenvalue weighted by atomic mass is 79.9. The molecule has 0 spiro atoms. The van der Waals surface area contributed by atoms with Crippen LogP contribution in [0.1, 0.15) is 13.8 Å². The summed E-state index contributed by atoms with van der Waals surface area (Å²) in [6, 6.07) is 2.20. The van der Waals surface area contributed by atoms with Crippen molar-refractivity contribution < 1.29 is 0 Å². The fourth-order valence-electron chi connectivity index (χ4n) is 1.33. The van der Waals surface area contributed by atoms with Crippen LogP contribution in [-0.2, 0) is 0 Å². The Bertz CT molecular complexity index is 401. The lowest BCUT2D eigenvalue weighted by molar-refractivity contribution is 0.677. The van der Waals surface area contributed by atoms with E-state index >= 15 is 0 Å². The normalized spacial score (nSPS) is 11.9. The van der Waals surface area contributed by atoms with Crippen LogP contribution in [-0.4, -0.2) is 23.1 Å². The highest BCUT2D eigenvalue weighted by molar-refractivity contribution is 9.10. The van der Waals surface area contributed by atoms with Crippen molar-refractivity contribution in [3.63, 3.8) is 0 Å². The minimum Gasteiger partial charge on any atom is -0.383 e. The van der Waals surface area contributed by atoms with Crippen LogP contribution in [0.15, 0.2) is 10.8 Å². The molecule has 6 heteroatoms. The fourth-order valence-corrected chi connectivity index (χ4v) is 1.79. The van der Waals surface area contributed by atoms with Gasteiger partial charge in [-0.3, -0.25) is 0 Å². The average molecular weight is 284 g/mol. The van der Waals surface area contributed by atoms with E-state index in [1.165, 1.54) is 6.33 Å². The molecular formula is C10H14BrN5. The van der Waals surface area contributed by atoms with Crippen molar-refractivity contribution in [3.8, 4) is 6.07 Å². The van der Waals surface area contributed by atoms with Gasteiger partial charge in [-0.25, -0.2) is 9.97 Å². The molecule has 1 aromatic rings. The summed E-state index contributed by atoms with van der Waals surface area (Å²) in [4.78, 5) is 10.1. The molecule has 0 aliphatic rings. The summed E-state index contributed by atoms with van der Waals surface area (Å²) in [6.07, 6.45) is 1.43. The molecule has 1 heterocycles. The predicted octanol–water partition coefficient (Wildman–Crippen LogP) is 1.81. The smallest absolute Gasteiger partial charge is 0.148 e. The predicted molar refractivity (Wildman–Crippen MR) is 66.8 cm³/mol. The molecule has 5 nitrogen and oxygen atoms in total. The molecule has 0 saturated heterocycles. The molecule has 1 aromatic heterocycles. The van der Waals surface area contributed by atoms with E-state index < -0.39 is 0 Å². The van der Waals surface area contributed by atoms with Crippen molar-refractivity contribution in [3.05, 3.63) is 10.8 Å². The molecule has 0 saturated carbocycles. The molecule has 0 aliphatic carbocycles. The Balaban J connectivity index is 2.96. The lowest BCUT2D eigenvalue weighted by atomic mass is 10.2. The first-order valence-corrected chi connectivity index (χ1v) is 5.80. The first kappa shape index (κ1) is 12.7. The molecule has 0 aliphatic heterocycles. The van der Waals surface area contributed by atoms with Crippen molar-refractivity contribution in [2.45, 2.75) is 13.8 Å². The maximum Gasteiger partial charge on any atom is 0.148 e. The van der Waals surface area contributed by atoms with Gasteiger partial charge >= 0.3 is 0 Å². The van der Waals surface area contributed by atoms with Crippen molar-refractivity contribution in [2.24, 2.45) is 5.92 Å². The number of anilines is 2. The van der Waals surface area contributed by atoms with Crippen LogP contribution >= 0.6 is 15.9 Å². The van der Waals surface area contributed by atoms with E-state index in [0.29, 0.717) is 16.8 Å². The minimum absolute atomic E-state index is 0.0527. The molecule has 0 aromatic carbocycles. The molecule has 0 fully saturated rings. The second-order valence-electron chi connectivity index (χ2n) is 3.47. The van der Waals surface area contributed by atoms with Gasteiger partial charge in [-0.15, -0.1) is 0 Å². The molecule has 16 heavy (non-hydrogen) atoms. The summed E-state index contributed by atoms with van der Waals surface area (Å²) < 4.78 is 0.682. The van der Waals surface area contributed by atoms with Crippen LogP contribution in [0.4, 0.5) is 11.6 Å². The molecule has 0 radical (unpaired) electrons. The van der Waals surface area contributed by atoms with Gasteiger partial charge in [-0.1, -0.05) is 0 Å². The highest BCUT2D eigenvalue weighted by Crippen LogP contribution is 2.27. The van der Waals surface area contributed by atoms with E-state index in [4.69, 9.17) is 11.0 Å². The maximum atomic E-state index is 8.80. The topological polar surface area (TPSA) is 78.8 Å². The number of nitrogen functional groups attached to an aromatic ring is 1. The van der Waals surface area contributed by atoms with Gasteiger partial charge in [0.2, 0.25) is 0 Å². The summed E-state index contributed by atoms with van der Waals surface area (Å²) in [5.41, 5.74) is 5.69. The standard InChI is InChI=1S/C10H14BrN5/c1-3-16(5-7(2)4-12)10-8(11)9(13)14-6-15-10/h6-7H,3,5H2,1-2H3,(H2,13,14,15). The van der Waals surface area contributed by atoms with E-state index in [0.717, 1.165) is 12.4 Å². The van der Waals surface area contributed by atoms with E-state index in [-0.39, 0.29) is 5.92 Å². The Morgan fingerprint density at radius 1 is 1.62 bits per heavy atom. The number of hydrogen-bond acceptors (Lipinski definition) is 5. The van der Waals surface area contributed by atoms with Crippen molar-refractivity contribution in [2.75, 3.05) is 23.7 Å². The number of halogens is 1. The summed E-state index contributed by atoms with van der Waals surface area (Å²) >= 11 is 3.36. The van der Waals surface area contributed by atoms with Gasteiger partial charge in [-0.2, -0.15) is 5.26 Å². The summed E-state index contributed by atoms with van der Waals surface area (Å²) in [5, 5.41) is 8.80. The Kier molecular flexibility index (Phi) is 4.50. The Labute approximate surface area is 103 Å². The van der Waals surface area contributed by atoms with Crippen LogP contribution in [0.5, 0.6) is 0 Å². The van der Waals surface area contributed by atoms with Crippen molar-refractivity contribution in [1.29, 1.82) is 5.26 Å². The molecule has 0 amide bonds. The average Bonchev–Trinajstić information content (AvgIpc) is 2.29. The third kappa shape index (κ3) is 2.83. The molecule has 86 valence electrons. The first-order chi connectivity index (χ1) is 7.60. The lowest BCUT2D eigenvalue weighted by Crippen LogP contribution is -2.29. The van der Waals surface area contributed by atoms with Crippen molar-refractivity contribution >= 4 is 27.6 Å². The van der Waals surface area contributed by atoms with E-state index in [1.54, 1.807) is 0 Å². The van der Waals surface area contributed by atoms with Gasteiger partial charge < -0.3 is 10.6 Å². The molecule has 1 rings (SSSR count). The zero-order valence-electron chi connectivity index (χ0n) is 9.31. The van der Waals surface area contributed by atoms with E-state index in [9.17, 15) is 0 Å². The van der Waals surface area contributed by atoms with Gasteiger partial charge in [-0.05, 0) is 29.8 Å². The summed E-state index contributed by atoms with van der Waals surface area (Å²) in [5.74, 6) is 1.09. The van der Waals surface area contributed by atoms with Crippen molar-refractivity contribution in [1.82, 2.24) is 9.97 Å². The highest BCUT2D eigenvalue weighted by Gasteiger charge is 2.15. The van der Waals surface area contributed by atoms with Crippen LogP contribution in [0.2, 0.25) is 0 Å². The van der Waals surface area contributed by atoms with Crippen LogP contribution in [0.25, 0.3) is 0 Å². The molecule has 1 unspecified atom stereocenters. The number of nitrogens with zero attached hydrogens (tertiary/aromatic N) is 4. The molecule has 0 bridgehead atoms. The Hall–Kier alpha value is -1.35.